The summed E-state index contributed by atoms with van der Waals surface area (Å²) in [6.07, 6.45) is -7.00. The molecule has 122 valence electrons. The molecule has 1 aromatic rings. The standard InChI is InChI=1S/C15H15F5O2/c16-14(17)7-5-13(6-8-14,9-12(21)22)10-3-1-2-4-11(10)15(18,19)20/h1-4H,5-9H2,(H,21,22). The Morgan fingerprint density at radius 3 is 2.14 bits per heavy atom. The quantitative estimate of drug-likeness (QED) is 0.824. The van der Waals surface area contributed by atoms with E-state index < -0.39 is 48.3 Å². The minimum Gasteiger partial charge on any atom is -0.481 e. The van der Waals surface area contributed by atoms with Crippen LogP contribution in [-0.2, 0) is 16.4 Å². The molecule has 0 bridgehead atoms. The topological polar surface area (TPSA) is 37.3 Å². The van der Waals surface area contributed by atoms with E-state index in [1.807, 2.05) is 0 Å². The summed E-state index contributed by atoms with van der Waals surface area (Å²) in [6.45, 7) is 0. The highest BCUT2D eigenvalue weighted by molar-refractivity contribution is 5.69. The molecule has 7 heteroatoms. The molecule has 1 fully saturated rings. The van der Waals surface area contributed by atoms with Crippen molar-refractivity contribution < 1.29 is 31.9 Å². The molecule has 2 nitrogen and oxygen atoms in total. The van der Waals surface area contributed by atoms with Crippen molar-refractivity contribution in [2.45, 2.75) is 49.6 Å². The van der Waals surface area contributed by atoms with E-state index in [9.17, 15) is 26.7 Å². The third-order valence-corrected chi connectivity index (χ3v) is 4.23. The fourth-order valence-corrected chi connectivity index (χ4v) is 3.12. The molecule has 0 unspecified atom stereocenters. The molecule has 1 aliphatic rings. The van der Waals surface area contributed by atoms with Crippen molar-refractivity contribution in [2.24, 2.45) is 0 Å². The van der Waals surface area contributed by atoms with Gasteiger partial charge in [0.2, 0.25) is 5.92 Å². The molecule has 1 aliphatic carbocycles. The number of carboxylic acid groups (broad SMARTS) is 1. The Bertz CT molecular complexity index is 555. The average molecular weight is 322 g/mol. The van der Waals surface area contributed by atoms with E-state index in [1.54, 1.807) is 0 Å². The molecule has 0 aromatic heterocycles. The van der Waals surface area contributed by atoms with E-state index in [4.69, 9.17) is 5.11 Å². The summed E-state index contributed by atoms with van der Waals surface area (Å²) in [5.74, 6) is -4.24. The van der Waals surface area contributed by atoms with E-state index in [1.165, 1.54) is 18.2 Å². The predicted octanol–water partition coefficient (Wildman–Crippen LogP) is 4.63. The lowest BCUT2D eigenvalue weighted by atomic mass is 9.65. The fourth-order valence-electron chi connectivity index (χ4n) is 3.12. The summed E-state index contributed by atoms with van der Waals surface area (Å²) in [5, 5.41) is 9.05. The first-order chi connectivity index (χ1) is 10.1. The summed E-state index contributed by atoms with van der Waals surface area (Å²) >= 11 is 0. The van der Waals surface area contributed by atoms with Crippen molar-refractivity contribution >= 4 is 5.97 Å². The number of aliphatic carboxylic acids is 1. The van der Waals surface area contributed by atoms with E-state index in [0.29, 0.717) is 0 Å². The normalized spacial score (nSPS) is 20.6. The smallest absolute Gasteiger partial charge is 0.416 e. The van der Waals surface area contributed by atoms with Crippen LogP contribution in [0, 0.1) is 0 Å². The molecule has 0 heterocycles. The average Bonchev–Trinajstić information content (AvgIpc) is 2.40. The Morgan fingerprint density at radius 2 is 1.64 bits per heavy atom. The Morgan fingerprint density at radius 1 is 1.09 bits per heavy atom. The van der Waals surface area contributed by atoms with Crippen molar-refractivity contribution in [3.8, 4) is 0 Å². The Balaban J connectivity index is 2.50. The van der Waals surface area contributed by atoms with Gasteiger partial charge in [-0.3, -0.25) is 4.79 Å². The number of rotatable bonds is 3. The largest absolute Gasteiger partial charge is 0.481 e. The van der Waals surface area contributed by atoms with Gasteiger partial charge in [0.05, 0.1) is 12.0 Å². The zero-order valence-corrected chi connectivity index (χ0v) is 11.6. The van der Waals surface area contributed by atoms with Crippen LogP contribution in [0.25, 0.3) is 0 Å². The predicted molar refractivity (Wildman–Crippen MR) is 68.8 cm³/mol. The first-order valence-electron chi connectivity index (χ1n) is 6.82. The van der Waals surface area contributed by atoms with E-state index in [2.05, 4.69) is 0 Å². The van der Waals surface area contributed by atoms with E-state index in [-0.39, 0.29) is 18.4 Å². The maximum Gasteiger partial charge on any atom is 0.416 e. The monoisotopic (exact) mass is 322 g/mol. The van der Waals surface area contributed by atoms with Crippen molar-refractivity contribution in [1.29, 1.82) is 0 Å². The minimum absolute atomic E-state index is 0.194. The van der Waals surface area contributed by atoms with Crippen LogP contribution in [0.2, 0.25) is 0 Å². The van der Waals surface area contributed by atoms with Gasteiger partial charge in [0, 0.05) is 18.3 Å². The van der Waals surface area contributed by atoms with Gasteiger partial charge in [-0.2, -0.15) is 13.2 Å². The van der Waals surface area contributed by atoms with Gasteiger partial charge in [-0.25, -0.2) is 8.78 Å². The van der Waals surface area contributed by atoms with Crippen LogP contribution in [-0.4, -0.2) is 17.0 Å². The lowest BCUT2D eigenvalue weighted by molar-refractivity contribution is -0.144. The minimum atomic E-state index is -4.65. The lowest BCUT2D eigenvalue weighted by Gasteiger charge is -2.40. The van der Waals surface area contributed by atoms with Crippen molar-refractivity contribution in [3.63, 3.8) is 0 Å². The lowest BCUT2D eigenvalue weighted by Crippen LogP contribution is -2.39. The van der Waals surface area contributed by atoms with Crippen LogP contribution in [0.15, 0.2) is 24.3 Å². The van der Waals surface area contributed by atoms with Crippen molar-refractivity contribution in [1.82, 2.24) is 0 Å². The summed E-state index contributed by atoms with van der Waals surface area (Å²) in [6, 6.07) is 4.65. The third kappa shape index (κ3) is 3.39. The van der Waals surface area contributed by atoms with Gasteiger partial charge >= 0.3 is 12.1 Å². The maximum absolute atomic E-state index is 13.4. The van der Waals surface area contributed by atoms with Crippen molar-refractivity contribution in [2.75, 3.05) is 0 Å². The first kappa shape index (κ1) is 16.7. The Kier molecular flexibility index (Phi) is 4.19. The number of alkyl halides is 5. The Hall–Kier alpha value is -1.66. The molecule has 0 amide bonds. The molecule has 2 rings (SSSR count). The SMILES string of the molecule is O=C(O)CC1(c2ccccc2C(F)(F)F)CCC(F)(F)CC1. The van der Waals surface area contributed by atoms with E-state index in [0.717, 1.165) is 6.07 Å². The van der Waals surface area contributed by atoms with Crippen LogP contribution < -0.4 is 0 Å². The number of hydrogen-bond donors (Lipinski definition) is 1. The molecule has 1 aromatic carbocycles. The molecule has 0 saturated heterocycles. The van der Waals surface area contributed by atoms with E-state index >= 15 is 0 Å². The van der Waals surface area contributed by atoms with Crippen molar-refractivity contribution in [3.05, 3.63) is 35.4 Å². The number of carboxylic acids is 1. The van der Waals surface area contributed by atoms with Gasteiger partial charge in [0.25, 0.3) is 0 Å². The van der Waals surface area contributed by atoms with Gasteiger partial charge in [-0.15, -0.1) is 0 Å². The zero-order valence-electron chi connectivity index (χ0n) is 11.6. The second-order valence-electron chi connectivity index (χ2n) is 5.75. The highest BCUT2D eigenvalue weighted by Crippen LogP contribution is 2.50. The molecule has 0 radical (unpaired) electrons. The maximum atomic E-state index is 13.4. The van der Waals surface area contributed by atoms with Gasteiger partial charge in [0.1, 0.15) is 0 Å². The molecule has 1 saturated carbocycles. The highest BCUT2D eigenvalue weighted by Gasteiger charge is 2.48. The highest BCUT2D eigenvalue weighted by atomic mass is 19.4. The summed E-state index contributed by atoms with van der Waals surface area (Å²) in [7, 11) is 0. The van der Waals surface area contributed by atoms with Crippen LogP contribution in [0.3, 0.4) is 0 Å². The third-order valence-electron chi connectivity index (χ3n) is 4.23. The van der Waals surface area contributed by atoms with Gasteiger partial charge < -0.3 is 5.11 Å². The summed E-state index contributed by atoms with van der Waals surface area (Å²) < 4.78 is 66.2. The molecular weight excluding hydrogens is 307 g/mol. The van der Waals surface area contributed by atoms with Crippen LogP contribution >= 0.6 is 0 Å². The number of benzene rings is 1. The number of halogens is 5. The molecule has 0 aliphatic heterocycles. The van der Waals surface area contributed by atoms with Crippen LogP contribution in [0.1, 0.15) is 43.2 Å². The molecule has 0 spiro atoms. The van der Waals surface area contributed by atoms with Crippen LogP contribution in [0.4, 0.5) is 22.0 Å². The van der Waals surface area contributed by atoms with Gasteiger partial charge in [-0.05, 0) is 24.5 Å². The zero-order chi connectivity index (χ0) is 16.6. The fraction of sp³-hybridized carbons (Fsp3) is 0.533. The molecular formula is C15H15F5O2. The number of hydrogen-bond acceptors (Lipinski definition) is 1. The first-order valence-corrected chi connectivity index (χ1v) is 6.82. The summed E-state index contributed by atoms with van der Waals surface area (Å²) in [4.78, 5) is 11.1. The van der Waals surface area contributed by atoms with Crippen LogP contribution in [0.5, 0.6) is 0 Å². The summed E-state index contributed by atoms with van der Waals surface area (Å²) in [5.41, 5.74) is -2.54. The van der Waals surface area contributed by atoms with Gasteiger partial charge in [0.15, 0.2) is 0 Å². The van der Waals surface area contributed by atoms with Gasteiger partial charge in [-0.1, -0.05) is 18.2 Å². The molecule has 22 heavy (non-hydrogen) atoms. The molecule has 1 N–H and O–H groups in total. The second kappa shape index (κ2) is 5.52. The Labute approximate surface area is 123 Å². The number of carbonyl (C=O) groups is 1. The second-order valence-corrected chi connectivity index (χ2v) is 5.75. The molecule has 0 atom stereocenters.